The topological polar surface area (TPSA) is 38.0 Å². The van der Waals surface area contributed by atoms with E-state index >= 15 is 0 Å². The third kappa shape index (κ3) is 3.53. The van der Waals surface area contributed by atoms with Crippen molar-refractivity contribution in [3.8, 4) is 0 Å². The van der Waals surface area contributed by atoms with Crippen LogP contribution < -0.4 is 0 Å². The molecule has 0 aliphatic heterocycles. The maximum Gasteiger partial charge on any atom is 0.0926 e. The Morgan fingerprint density at radius 2 is 1.50 bits per heavy atom. The van der Waals surface area contributed by atoms with Crippen LogP contribution in [-0.4, -0.2) is 14.9 Å². The molecule has 3 heteroatoms. The average molecular weight is 342 g/mol. The number of aromatic nitrogens is 2. The van der Waals surface area contributed by atoms with Gasteiger partial charge in [0.05, 0.1) is 12.1 Å². The zero-order valence-electron chi connectivity index (χ0n) is 14.6. The highest BCUT2D eigenvalue weighted by atomic mass is 16.3. The number of rotatable bonds is 6. The van der Waals surface area contributed by atoms with E-state index in [0.717, 1.165) is 29.4 Å². The zero-order chi connectivity index (χ0) is 17.8. The Hall–Kier alpha value is -2.91. The monoisotopic (exact) mass is 342 g/mol. The molecule has 0 fully saturated rings. The van der Waals surface area contributed by atoms with E-state index < -0.39 is 0 Å². The van der Waals surface area contributed by atoms with Gasteiger partial charge < -0.3 is 5.11 Å². The van der Waals surface area contributed by atoms with E-state index in [0.29, 0.717) is 5.92 Å². The summed E-state index contributed by atoms with van der Waals surface area (Å²) in [6.07, 6.45) is 3.07. The lowest BCUT2D eigenvalue weighted by atomic mass is 9.88. The van der Waals surface area contributed by atoms with Gasteiger partial charge in [0.1, 0.15) is 0 Å². The molecule has 0 aliphatic rings. The van der Waals surface area contributed by atoms with Crippen LogP contribution >= 0.6 is 0 Å². The Kier molecular flexibility index (Phi) is 4.80. The van der Waals surface area contributed by atoms with E-state index in [1.807, 2.05) is 22.9 Å². The van der Waals surface area contributed by atoms with Gasteiger partial charge >= 0.3 is 0 Å². The van der Waals surface area contributed by atoms with Gasteiger partial charge in [-0.3, -0.25) is 4.68 Å². The Balaban J connectivity index is 1.58. The van der Waals surface area contributed by atoms with Gasteiger partial charge in [-0.15, -0.1) is 0 Å². The Bertz CT molecular complexity index is 937. The van der Waals surface area contributed by atoms with Crippen LogP contribution in [0, 0.1) is 0 Å². The Labute approximate surface area is 153 Å². The van der Waals surface area contributed by atoms with E-state index in [-0.39, 0.29) is 6.61 Å². The summed E-state index contributed by atoms with van der Waals surface area (Å²) in [4.78, 5) is 0. The molecule has 130 valence electrons. The van der Waals surface area contributed by atoms with Crippen LogP contribution in [-0.2, 0) is 13.2 Å². The van der Waals surface area contributed by atoms with E-state index in [2.05, 4.69) is 72.0 Å². The third-order valence-electron chi connectivity index (χ3n) is 4.85. The second kappa shape index (κ2) is 7.54. The van der Waals surface area contributed by atoms with Crippen LogP contribution in [0.1, 0.15) is 29.0 Å². The molecule has 1 aromatic heterocycles. The summed E-state index contributed by atoms with van der Waals surface area (Å²) in [6.45, 7) is 0.893. The van der Waals surface area contributed by atoms with E-state index in [4.69, 9.17) is 0 Å². The molecule has 0 spiro atoms. The van der Waals surface area contributed by atoms with Gasteiger partial charge in [-0.25, -0.2) is 0 Å². The van der Waals surface area contributed by atoms with Crippen molar-refractivity contribution >= 4 is 10.9 Å². The molecule has 0 saturated heterocycles. The van der Waals surface area contributed by atoms with Crippen molar-refractivity contribution in [1.29, 1.82) is 0 Å². The molecular weight excluding hydrogens is 320 g/mol. The predicted octanol–water partition coefficient (Wildman–Crippen LogP) is 4.75. The summed E-state index contributed by atoms with van der Waals surface area (Å²) in [7, 11) is 0. The average Bonchev–Trinajstić information content (AvgIpc) is 3.11. The molecule has 26 heavy (non-hydrogen) atoms. The molecule has 0 atom stereocenters. The van der Waals surface area contributed by atoms with Gasteiger partial charge in [-0.1, -0.05) is 72.8 Å². The van der Waals surface area contributed by atoms with Crippen LogP contribution in [0.25, 0.3) is 10.9 Å². The summed E-state index contributed by atoms with van der Waals surface area (Å²) in [5.74, 6) is 0.345. The van der Waals surface area contributed by atoms with E-state index in [1.54, 1.807) is 0 Å². The highest BCUT2D eigenvalue weighted by Gasteiger charge is 2.14. The molecule has 1 heterocycles. The fourth-order valence-corrected chi connectivity index (χ4v) is 3.48. The van der Waals surface area contributed by atoms with Crippen molar-refractivity contribution in [2.24, 2.45) is 0 Å². The standard InChI is InChI=1S/C23H22N2O/c26-17-18-11-12-21-16-25(24-23(21)15-18)14-13-22(19-7-3-1-4-8-19)20-9-5-2-6-10-20/h1-12,15-16,22,26H,13-14,17H2. The number of nitrogens with zero attached hydrogens (tertiary/aromatic N) is 2. The maximum atomic E-state index is 9.30. The summed E-state index contributed by atoms with van der Waals surface area (Å²) in [6, 6.07) is 27.3. The number of hydrogen-bond acceptors (Lipinski definition) is 2. The molecule has 4 rings (SSSR count). The second-order valence-electron chi connectivity index (χ2n) is 6.61. The minimum Gasteiger partial charge on any atom is -0.392 e. The number of benzene rings is 3. The molecule has 0 unspecified atom stereocenters. The summed E-state index contributed by atoms with van der Waals surface area (Å²) >= 11 is 0. The highest BCUT2D eigenvalue weighted by Crippen LogP contribution is 2.28. The quantitative estimate of drug-likeness (QED) is 0.549. The SMILES string of the molecule is OCc1ccc2cn(CCC(c3ccccc3)c3ccccc3)nc2c1. The lowest BCUT2D eigenvalue weighted by Gasteiger charge is -2.18. The van der Waals surface area contributed by atoms with Crippen molar-refractivity contribution in [3.05, 3.63) is 102 Å². The largest absolute Gasteiger partial charge is 0.392 e. The predicted molar refractivity (Wildman–Crippen MR) is 105 cm³/mol. The smallest absolute Gasteiger partial charge is 0.0926 e. The van der Waals surface area contributed by atoms with Crippen molar-refractivity contribution in [2.75, 3.05) is 0 Å². The number of aliphatic hydroxyl groups excluding tert-OH is 1. The first kappa shape index (κ1) is 16.6. The van der Waals surface area contributed by atoms with Crippen molar-refractivity contribution in [2.45, 2.75) is 25.5 Å². The minimum atomic E-state index is 0.0485. The fourth-order valence-electron chi connectivity index (χ4n) is 3.48. The lowest BCUT2D eigenvalue weighted by molar-refractivity contribution is 0.282. The molecule has 3 aromatic carbocycles. The fraction of sp³-hybridized carbons (Fsp3) is 0.174. The Morgan fingerprint density at radius 1 is 0.846 bits per heavy atom. The van der Waals surface area contributed by atoms with Gasteiger partial charge in [-0.05, 0) is 29.2 Å². The van der Waals surface area contributed by atoms with Crippen molar-refractivity contribution < 1.29 is 5.11 Å². The minimum absolute atomic E-state index is 0.0485. The normalized spacial score (nSPS) is 11.3. The van der Waals surface area contributed by atoms with E-state index in [9.17, 15) is 5.11 Å². The van der Waals surface area contributed by atoms with Crippen LogP contribution in [0.5, 0.6) is 0 Å². The van der Waals surface area contributed by atoms with Crippen LogP contribution in [0.2, 0.25) is 0 Å². The molecule has 0 bridgehead atoms. The molecule has 0 amide bonds. The summed E-state index contributed by atoms with van der Waals surface area (Å²) < 4.78 is 2.02. The van der Waals surface area contributed by atoms with Crippen molar-refractivity contribution in [1.82, 2.24) is 9.78 Å². The third-order valence-corrected chi connectivity index (χ3v) is 4.85. The molecule has 0 saturated carbocycles. The van der Waals surface area contributed by atoms with Gasteiger partial charge in [0.2, 0.25) is 0 Å². The number of aryl methyl sites for hydroxylation is 1. The first-order chi connectivity index (χ1) is 12.8. The first-order valence-corrected chi connectivity index (χ1v) is 9.00. The van der Waals surface area contributed by atoms with Gasteiger partial charge in [0.25, 0.3) is 0 Å². The molecular formula is C23H22N2O. The molecule has 0 radical (unpaired) electrons. The Morgan fingerprint density at radius 3 is 2.12 bits per heavy atom. The first-order valence-electron chi connectivity index (χ1n) is 9.00. The van der Waals surface area contributed by atoms with Gasteiger partial charge in [-0.2, -0.15) is 5.10 Å². The van der Waals surface area contributed by atoms with Crippen molar-refractivity contribution in [3.63, 3.8) is 0 Å². The maximum absolute atomic E-state index is 9.30. The van der Waals surface area contributed by atoms with Gasteiger partial charge in [0.15, 0.2) is 0 Å². The van der Waals surface area contributed by atoms with Crippen LogP contribution in [0.3, 0.4) is 0 Å². The molecule has 3 nitrogen and oxygen atoms in total. The highest BCUT2D eigenvalue weighted by molar-refractivity contribution is 5.78. The number of fused-ring (bicyclic) bond motifs is 1. The van der Waals surface area contributed by atoms with Gasteiger partial charge in [0, 0.05) is 24.0 Å². The molecule has 1 N–H and O–H groups in total. The summed E-state index contributed by atoms with van der Waals surface area (Å²) in [5, 5.41) is 15.1. The van der Waals surface area contributed by atoms with Crippen LogP contribution in [0.15, 0.2) is 85.1 Å². The number of hydrogen-bond donors (Lipinski definition) is 1. The zero-order valence-corrected chi connectivity index (χ0v) is 14.6. The van der Waals surface area contributed by atoms with Crippen LogP contribution in [0.4, 0.5) is 0 Å². The van der Waals surface area contributed by atoms with E-state index in [1.165, 1.54) is 11.1 Å². The summed E-state index contributed by atoms with van der Waals surface area (Å²) in [5.41, 5.74) is 4.50. The lowest BCUT2D eigenvalue weighted by Crippen LogP contribution is -2.07. The second-order valence-corrected chi connectivity index (χ2v) is 6.61. The number of aliphatic hydroxyl groups is 1. The molecule has 0 aliphatic carbocycles. The molecule has 4 aromatic rings.